The van der Waals surface area contributed by atoms with Crippen molar-refractivity contribution in [2.45, 2.75) is 12.3 Å². The zero-order chi connectivity index (χ0) is 10.2. The minimum atomic E-state index is -2.59. The summed E-state index contributed by atoms with van der Waals surface area (Å²) in [5.74, 6) is -2.06. The van der Waals surface area contributed by atoms with Gasteiger partial charge in [0.25, 0.3) is 5.92 Å². The van der Waals surface area contributed by atoms with E-state index in [9.17, 15) is 8.78 Å². The number of alkyl halides is 2. The van der Waals surface area contributed by atoms with Crippen LogP contribution in [-0.2, 0) is 0 Å². The zero-order valence-corrected chi connectivity index (χ0v) is 7.58. The maximum atomic E-state index is 12.9. The predicted molar refractivity (Wildman–Crippen MR) is 49.4 cm³/mol. The van der Waals surface area contributed by atoms with E-state index in [1.165, 1.54) is 6.20 Å². The first-order valence-electron chi connectivity index (χ1n) is 4.41. The number of hydrogen-bond acceptors (Lipinski definition) is 2. The van der Waals surface area contributed by atoms with Crippen LogP contribution in [0.2, 0.25) is 0 Å². The molecule has 2 nitrogen and oxygen atoms in total. The molecule has 0 N–H and O–H groups in total. The maximum absolute atomic E-state index is 12.9. The van der Waals surface area contributed by atoms with Crippen LogP contribution in [0, 0.1) is 6.92 Å². The average molecular weight is 196 g/mol. The molecule has 0 saturated carbocycles. The van der Waals surface area contributed by atoms with E-state index in [0.717, 1.165) is 0 Å². The zero-order valence-electron chi connectivity index (χ0n) is 7.58. The smallest absolute Gasteiger partial charge is 0.266 e. The van der Waals surface area contributed by atoms with Crippen molar-refractivity contribution in [2.75, 3.05) is 18.0 Å². The molecule has 74 valence electrons. The molecule has 0 amide bonds. The van der Waals surface area contributed by atoms with E-state index in [1.54, 1.807) is 17.0 Å². The number of pyridine rings is 1. The molecule has 0 atom stereocenters. The van der Waals surface area contributed by atoms with Crippen molar-refractivity contribution >= 4 is 5.82 Å². The highest BCUT2D eigenvalue weighted by Crippen LogP contribution is 2.29. The lowest BCUT2D eigenvalue weighted by molar-refractivity contribution is 0.0256. The van der Waals surface area contributed by atoms with Gasteiger partial charge in [0.05, 0.1) is 6.54 Å². The van der Waals surface area contributed by atoms with Crippen molar-refractivity contribution in [3.8, 4) is 0 Å². The van der Waals surface area contributed by atoms with E-state index in [-0.39, 0.29) is 13.0 Å². The van der Waals surface area contributed by atoms with Gasteiger partial charge in [0.15, 0.2) is 0 Å². The molecule has 0 aromatic carbocycles. The standard InChI is InChI=1S/C10H10F2N2/c1-8-2-4-13-9(6-8)14-5-3-10(11,12)7-14/h1-2,4,6H,3,5,7H2. The maximum Gasteiger partial charge on any atom is 0.266 e. The molecule has 1 fully saturated rings. The Morgan fingerprint density at radius 3 is 2.86 bits per heavy atom. The Bertz CT molecular complexity index is 339. The van der Waals surface area contributed by atoms with Gasteiger partial charge in [-0.25, -0.2) is 13.8 Å². The Morgan fingerprint density at radius 1 is 1.50 bits per heavy atom. The van der Waals surface area contributed by atoms with E-state index in [2.05, 4.69) is 4.98 Å². The molecule has 0 unspecified atom stereocenters. The fraction of sp³-hybridized carbons (Fsp3) is 0.400. The van der Waals surface area contributed by atoms with E-state index >= 15 is 0 Å². The van der Waals surface area contributed by atoms with Crippen LogP contribution in [0.1, 0.15) is 12.0 Å². The molecule has 2 rings (SSSR count). The first kappa shape index (κ1) is 9.37. The summed E-state index contributed by atoms with van der Waals surface area (Å²) < 4.78 is 25.8. The third kappa shape index (κ3) is 1.84. The molecule has 1 aliphatic rings. The van der Waals surface area contributed by atoms with Crippen molar-refractivity contribution in [3.05, 3.63) is 30.8 Å². The lowest BCUT2D eigenvalue weighted by atomic mass is 10.3. The van der Waals surface area contributed by atoms with Crippen LogP contribution in [0.5, 0.6) is 0 Å². The van der Waals surface area contributed by atoms with Crippen molar-refractivity contribution in [2.24, 2.45) is 0 Å². The first-order valence-corrected chi connectivity index (χ1v) is 4.41. The molecule has 1 aliphatic heterocycles. The largest absolute Gasteiger partial charge is 0.350 e. The molecule has 1 aromatic heterocycles. The summed E-state index contributed by atoms with van der Waals surface area (Å²) in [6, 6.07) is 3.25. The predicted octanol–water partition coefficient (Wildman–Crippen LogP) is 1.99. The number of anilines is 1. The number of halogens is 2. The summed E-state index contributed by atoms with van der Waals surface area (Å²) in [6.45, 7) is 5.62. The van der Waals surface area contributed by atoms with Crippen molar-refractivity contribution < 1.29 is 8.78 Å². The third-order valence-electron chi connectivity index (χ3n) is 2.26. The average Bonchev–Trinajstić information content (AvgIpc) is 2.46. The highest BCUT2D eigenvalue weighted by atomic mass is 19.3. The van der Waals surface area contributed by atoms with Gasteiger partial charge in [-0.2, -0.15) is 0 Å². The Hall–Kier alpha value is -1.19. The molecule has 4 heteroatoms. The van der Waals surface area contributed by atoms with Crippen LogP contribution in [0.3, 0.4) is 0 Å². The lowest BCUT2D eigenvalue weighted by Gasteiger charge is -2.16. The third-order valence-corrected chi connectivity index (χ3v) is 2.26. The first-order chi connectivity index (χ1) is 6.57. The van der Waals surface area contributed by atoms with Gasteiger partial charge in [0, 0.05) is 19.2 Å². The van der Waals surface area contributed by atoms with Crippen LogP contribution in [0.15, 0.2) is 18.3 Å². The van der Waals surface area contributed by atoms with Crippen LogP contribution < -0.4 is 4.90 Å². The van der Waals surface area contributed by atoms with Gasteiger partial charge in [-0.15, -0.1) is 0 Å². The molecule has 0 spiro atoms. The minimum absolute atomic E-state index is 0.108. The Morgan fingerprint density at radius 2 is 2.29 bits per heavy atom. The van der Waals surface area contributed by atoms with Crippen LogP contribution in [-0.4, -0.2) is 24.0 Å². The summed E-state index contributed by atoms with van der Waals surface area (Å²) >= 11 is 0. The second kappa shape index (κ2) is 3.19. The van der Waals surface area contributed by atoms with Gasteiger partial charge >= 0.3 is 0 Å². The van der Waals surface area contributed by atoms with Crippen molar-refractivity contribution in [1.29, 1.82) is 0 Å². The molecule has 2 radical (unpaired) electrons. The van der Waals surface area contributed by atoms with Gasteiger partial charge in [0.2, 0.25) is 0 Å². The van der Waals surface area contributed by atoms with Gasteiger partial charge in [0.1, 0.15) is 5.82 Å². The highest BCUT2D eigenvalue weighted by Gasteiger charge is 2.38. The molecule has 14 heavy (non-hydrogen) atoms. The molecule has 2 heterocycles. The van der Waals surface area contributed by atoms with Crippen LogP contribution in [0.25, 0.3) is 0 Å². The van der Waals surface area contributed by atoms with E-state index < -0.39 is 5.92 Å². The Kier molecular flexibility index (Phi) is 2.13. The fourth-order valence-corrected chi connectivity index (χ4v) is 1.54. The summed E-state index contributed by atoms with van der Waals surface area (Å²) in [7, 11) is 0. The number of hydrogen-bond donors (Lipinski definition) is 0. The second-order valence-corrected chi connectivity index (χ2v) is 3.47. The van der Waals surface area contributed by atoms with Crippen molar-refractivity contribution in [3.63, 3.8) is 0 Å². The second-order valence-electron chi connectivity index (χ2n) is 3.47. The van der Waals surface area contributed by atoms with Gasteiger partial charge in [-0.3, -0.25) is 0 Å². The Labute approximate surface area is 81.6 Å². The van der Waals surface area contributed by atoms with Gasteiger partial charge in [-0.05, 0) is 24.6 Å². The normalized spacial score (nSPS) is 20.1. The SMILES string of the molecule is [CH]c1ccnc(N2CCC(F)(F)C2)c1. The number of rotatable bonds is 1. The van der Waals surface area contributed by atoms with Crippen molar-refractivity contribution in [1.82, 2.24) is 4.98 Å². The van der Waals surface area contributed by atoms with Crippen LogP contribution in [0.4, 0.5) is 14.6 Å². The van der Waals surface area contributed by atoms with E-state index in [1.807, 2.05) is 0 Å². The molecule has 0 bridgehead atoms. The summed E-state index contributed by atoms with van der Waals surface area (Å²) in [5.41, 5.74) is 0.546. The summed E-state index contributed by atoms with van der Waals surface area (Å²) in [6.07, 6.45) is 1.42. The number of aromatic nitrogens is 1. The molecule has 0 aliphatic carbocycles. The monoisotopic (exact) mass is 196 g/mol. The number of nitrogens with zero attached hydrogens (tertiary/aromatic N) is 2. The minimum Gasteiger partial charge on any atom is -0.350 e. The quantitative estimate of drug-likeness (QED) is 0.682. The Balaban J connectivity index is 2.17. The van der Waals surface area contributed by atoms with Gasteiger partial charge in [-0.1, -0.05) is 0 Å². The summed E-state index contributed by atoms with van der Waals surface area (Å²) in [4.78, 5) is 5.55. The van der Waals surface area contributed by atoms with E-state index in [0.29, 0.717) is 17.9 Å². The highest BCUT2D eigenvalue weighted by molar-refractivity contribution is 5.43. The van der Waals surface area contributed by atoms with Crippen LogP contribution >= 0.6 is 0 Å². The van der Waals surface area contributed by atoms with Gasteiger partial charge < -0.3 is 4.90 Å². The molecule has 1 aromatic rings. The lowest BCUT2D eigenvalue weighted by Crippen LogP contribution is -2.25. The molecular weight excluding hydrogens is 186 g/mol. The molecule has 1 saturated heterocycles. The van der Waals surface area contributed by atoms with E-state index in [4.69, 9.17) is 6.92 Å². The molecular formula is C10H10F2N2. The topological polar surface area (TPSA) is 16.1 Å². The summed E-state index contributed by atoms with van der Waals surface area (Å²) in [5, 5.41) is 0. The fourth-order valence-electron chi connectivity index (χ4n) is 1.54.